The van der Waals surface area contributed by atoms with Crippen molar-refractivity contribution in [2.24, 2.45) is 11.8 Å². The first-order chi connectivity index (χ1) is 16.7. The summed E-state index contributed by atoms with van der Waals surface area (Å²) >= 11 is 0. The lowest BCUT2D eigenvalue weighted by atomic mass is 9.93. The standard InChI is InChI=1S/C27H32N2O6/c1-17(2)22(24(30)29-12-13-35-27(3,16-29)25(31)32)14-28-26(33)34-15-23-20-10-6-4-8-18(20)19-9-5-7-11-21(19)23/h4-11,17,22-23H,12-16H2,1-3H3,(H,28,33)(H,31,32). The number of morpholine rings is 1. The maximum absolute atomic E-state index is 13.2. The summed E-state index contributed by atoms with van der Waals surface area (Å²) in [6.45, 7) is 6.00. The molecule has 2 N–H and O–H groups in total. The van der Waals surface area contributed by atoms with Gasteiger partial charge in [0.2, 0.25) is 5.91 Å². The van der Waals surface area contributed by atoms with Crippen LogP contribution in [0.25, 0.3) is 11.1 Å². The molecule has 0 radical (unpaired) electrons. The van der Waals surface area contributed by atoms with Crippen molar-refractivity contribution >= 4 is 18.0 Å². The highest BCUT2D eigenvalue weighted by Gasteiger charge is 2.42. The van der Waals surface area contributed by atoms with Crippen LogP contribution in [-0.4, -0.2) is 66.4 Å². The third-order valence-corrected chi connectivity index (χ3v) is 6.97. The highest BCUT2D eigenvalue weighted by molar-refractivity contribution is 5.83. The molecule has 2 aromatic carbocycles. The van der Waals surface area contributed by atoms with Crippen molar-refractivity contribution < 1.29 is 29.0 Å². The van der Waals surface area contributed by atoms with Gasteiger partial charge >= 0.3 is 12.1 Å². The van der Waals surface area contributed by atoms with Crippen LogP contribution in [-0.2, 0) is 19.1 Å². The molecule has 186 valence electrons. The van der Waals surface area contributed by atoms with Gasteiger partial charge in [0.25, 0.3) is 0 Å². The zero-order valence-electron chi connectivity index (χ0n) is 20.3. The summed E-state index contributed by atoms with van der Waals surface area (Å²) in [5.41, 5.74) is 3.13. The van der Waals surface area contributed by atoms with Gasteiger partial charge in [0.05, 0.1) is 19.1 Å². The number of hydrogen-bond acceptors (Lipinski definition) is 5. The molecule has 2 aliphatic rings. The van der Waals surface area contributed by atoms with Crippen molar-refractivity contribution in [3.63, 3.8) is 0 Å². The third kappa shape index (κ3) is 5.03. The van der Waals surface area contributed by atoms with E-state index in [4.69, 9.17) is 9.47 Å². The predicted octanol–water partition coefficient (Wildman–Crippen LogP) is 3.50. The monoisotopic (exact) mass is 480 g/mol. The highest BCUT2D eigenvalue weighted by atomic mass is 16.5. The molecule has 0 spiro atoms. The molecule has 8 nitrogen and oxygen atoms in total. The van der Waals surface area contributed by atoms with E-state index in [1.165, 1.54) is 11.8 Å². The average Bonchev–Trinajstić information content (AvgIpc) is 3.16. The van der Waals surface area contributed by atoms with Crippen molar-refractivity contribution in [1.29, 1.82) is 0 Å². The van der Waals surface area contributed by atoms with Crippen molar-refractivity contribution in [3.8, 4) is 11.1 Å². The number of carbonyl (C=O) groups is 3. The minimum atomic E-state index is -1.43. The van der Waals surface area contributed by atoms with Crippen LogP contribution < -0.4 is 5.32 Å². The highest BCUT2D eigenvalue weighted by Crippen LogP contribution is 2.44. The fourth-order valence-corrected chi connectivity index (χ4v) is 4.87. The Morgan fingerprint density at radius 1 is 1.11 bits per heavy atom. The molecule has 2 atom stereocenters. The molecular formula is C27H32N2O6. The Balaban J connectivity index is 1.36. The van der Waals surface area contributed by atoms with E-state index in [2.05, 4.69) is 29.6 Å². The van der Waals surface area contributed by atoms with Crippen LogP contribution in [0.3, 0.4) is 0 Å². The fraction of sp³-hybridized carbons (Fsp3) is 0.444. The number of ether oxygens (including phenoxy) is 2. The lowest BCUT2D eigenvalue weighted by Gasteiger charge is -2.39. The molecule has 1 aliphatic heterocycles. The Kier molecular flexibility index (Phi) is 7.12. The number of carboxylic acids is 1. The van der Waals surface area contributed by atoms with Crippen LogP contribution in [0.1, 0.15) is 37.8 Å². The largest absolute Gasteiger partial charge is 0.479 e. The summed E-state index contributed by atoms with van der Waals surface area (Å²) in [4.78, 5) is 38.9. The molecule has 1 saturated heterocycles. The molecule has 0 saturated carbocycles. The number of alkyl carbamates (subject to hydrolysis) is 1. The Labute approximate surface area is 205 Å². The molecular weight excluding hydrogens is 448 g/mol. The first-order valence-corrected chi connectivity index (χ1v) is 12.0. The van der Waals surface area contributed by atoms with Crippen molar-refractivity contribution in [3.05, 3.63) is 59.7 Å². The number of aliphatic carboxylic acids is 1. The van der Waals surface area contributed by atoms with Crippen LogP contribution in [0.5, 0.6) is 0 Å². The molecule has 2 unspecified atom stereocenters. The van der Waals surface area contributed by atoms with Crippen molar-refractivity contribution in [1.82, 2.24) is 10.2 Å². The molecule has 1 aliphatic carbocycles. The molecule has 2 amide bonds. The van der Waals surface area contributed by atoms with Crippen LogP contribution in [0.4, 0.5) is 4.79 Å². The topological polar surface area (TPSA) is 105 Å². The lowest BCUT2D eigenvalue weighted by molar-refractivity contribution is -0.178. The zero-order valence-corrected chi connectivity index (χ0v) is 20.3. The second-order valence-corrected chi connectivity index (χ2v) is 9.70. The molecule has 35 heavy (non-hydrogen) atoms. The molecule has 1 heterocycles. The average molecular weight is 481 g/mol. The van der Waals surface area contributed by atoms with Gasteiger partial charge < -0.3 is 24.8 Å². The second kappa shape index (κ2) is 10.1. The molecule has 2 aromatic rings. The van der Waals surface area contributed by atoms with E-state index >= 15 is 0 Å². The van der Waals surface area contributed by atoms with E-state index in [1.807, 2.05) is 38.1 Å². The third-order valence-electron chi connectivity index (χ3n) is 6.97. The van der Waals surface area contributed by atoms with Gasteiger partial charge in [-0.1, -0.05) is 62.4 Å². The smallest absolute Gasteiger partial charge is 0.407 e. The molecule has 8 heteroatoms. The zero-order chi connectivity index (χ0) is 25.2. The predicted molar refractivity (Wildman–Crippen MR) is 130 cm³/mol. The number of carboxylic acid groups (broad SMARTS) is 1. The van der Waals surface area contributed by atoms with Crippen LogP contribution in [0.15, 0.2) is 48.5 Å². The quantitative estimate of drug-likeness (QED) is 0.629. The number of fused-ring (bicyclic) bond motifs is 3. The van der Waals surface area contributed by atoms with Gasteiger partial charge in [-0.15, -0.1) is 0 Å². The van der Waals surface area contributed by atoms with Gasteiger partial charge in [0.1, 0.15) is 6.61 Å². The fourth-order valence-electron chi connectivity index (χ4n) is 4.87. The number of nitrogens with one attached hydrogen (secondary N) is 1. The first kappa shape index (κ1) is 24.7. The van der Waals surface area contributed by atoms with Gasteiger partial charge in [-0.3, -0.25) is 4.79 Å². The van der Waals surface area contributed by atoms with Crippen LogP contribution >= 0.6 is 0 Å². The molecule has 0 bridgehead atoms. The SMILES string of the molecule is CC(C)C(CNC(=O)OCC1c2ccccc2-c2ccccc21)C(=O)N1CCOC(C)(C(=O)O)C1. The van der Waals surface area contributed by atoms with E-state index < -0.39 is 23.6 Å². The summed E-state index contributed by atoms with van der Waals surface area (Å²) < 4.78 is 11.0. The molecule has 1 fully saturated rings. The van der Waals surface area contributed by atoms with Crippen LogP contribution in [0, 0.1) is 11.8 Å². The maximum atomic E-state index is 13.2. The minimum absolute atomic E-state index is 0.0324. The summed E-state index contributed by atoms with van der Waals surface area (Å²) in [7, 11) is 0. The second-order valence-electron chi connectivity index (χ2n) is 9.70. The lowest BCUT2D eigenvalue weighted by Crippen LogP contribution is -2.58. The Hall–Kier alpha value is -3.39. The summed E-state index contributed by atoms with van der Waals surface area (Å²) in [6, 6.07) is 16.2. The number of rotatable bonds is 7. The van der Waals surface area contributed by atoms with E-state index in [0.29, 0.717) is 6.54 Å². The van der Waals surface area contributed by atoms with E-state index in [9.17, 15) is 19.5 Å². The first-order valence-electron chi connectivity index (χ1n) is 12.0. The number of benzene rings is 2. The van der Waals surface area contributed by atoms with Crippen molar-refractivity contribution in [2.75, 3.05) is 32.8 Å². The van der Waals surface area contributed by atoms with Gasteiger partial charge in [0, 0.05) is 19.0 Å². The Morgan fingerprint density at radius 2 is 1.71 bits per heavy atom. The van der Waals surface area contributed by atoms with Crippen molar-refractivity contribution in [2.45, 2.75) is 32.3 Å². The number of amides is 2. The summed E-state index contributed by atoms with van der Waals surface area (Å²) in [5, 5.41) is 12.2. The van der Waals surface area contributed by atoms with E-state index in [-0.39, 0.29) is 44.0 Å². The van der Waals surface area contributed by atoms with E-state index in [1.54, 1.807) is 0 Å². The van der Waals surface area contributed by atoms with Gasteiger partial charge in [-0.05, 0) is 35.1 Å². The minimum Gasteiger partial charge on any atom is -0.479 e. The Morgan fingerprint density at radius 3 is 2.29 bits per heavy atom. The number of carbonyl (C=O) groups excluding carboxylic acids is 2. The number of hydrogen-bond donors (Lipinski definition) is 2. The Bertz CT molecular complexity index is 1070. The van der Waals surface area contributed by atoms with Crippen LogP contribution in [0.2, 0.25) is 0 Å². The van der Waals surface area contributed by atoms with Gasteiger partial charge in [-0.25, -0.2) is 9.59 Å². The molecule has 0 aromatic heterocycles. The van der Waals surface area contributed by atoms with E-state index in [0.717, 1.165) is 22.3 Å². The van der Waals surface area contributed by atoms with Gasteiger partial charge in [0.15, 0.2) is 5.60 Å². The maximum Gasteiger partial charge on any atom is 0.407 e. The normalized spacial score (nSPS) is 20.2. The molecule has 4 rings (SSSR count). The van der Waals surface area contributed by atoms with Gasteiger partial charge in [-0.2, -0.15) is 0 Å². The summed E-state index contributed by atoms with van der Waals surface area (Å²) in [5.74, 6) is -1.91. The summed E-state index contributed by atoms with van der Waals surface area (Å²) in [6.07, 6.45) is -0.581. The number of nitrogens with zero attached hydrogens (tertiary/aromatic N) is 1.